The van der Waals surface area contributed by atoms with Crippen LogP contribution in [-0.4, -0.2) is 19.5 Å². The van der Waals surface area contributed by atoms with Gasteiger partial charge in [0, 0.05) is 33.2 Å². The molecule has 0 atom stereocenters. The largest absolute Gasteiger partial charge is 0.309 e. The third kappa shape index (κ3) is 5.96. The zero-order valence-corrected chi connectivity index (χ0v) is 33.1. The molecule has 284 valence electrons. The Hall–Kier alpha value is -8.21. The zero-order valence-electron chi connectivity index (χ0n) is 33.1. The van der Waals surface area contributed by atoms with E-state index in [-0.39, 0.29) is 0 Å². The number of benzene rings is 10. The van der Waals surface area contributed by atoms with E-state index in [0.717, 1.165) is 44.5 Å². The molecule has 61 heavy (non-hydrogen) atoms. The molecule has 0 aliphatic rings. The highest BCUT2D eigenvalue weighted by Gasteiger charge is 2.18. The van der Waals surface area contributed by atoms with E-state index in [1.807, 2.05) is 18.2 Å². The summed E-state index contributed by atoms with van der Waals surface area (Å²) in [7, 11) is 0. The van der Waals surface area contributed by atoms with Gasteiger partial charge < -0.3 is 4.57 Å². The van der Waals surface area contributed by atoms with Crippen molar-refractivity contribution < 1.29 is 0 Å². The lowest BCUT2D eigenvalue weighted by Crippen LogP contribution is -2.00. The smallest absolute Gasteiger partial charge is 0.164 e. The zero-order chi connectivity index (χ0) is 40.3. The van der Waals surface area contributed by atoms with Crippen LogP contribution in [0.1, 0.15) is 0 Å². The fraction of sp³-hybridized carbons (Fsp3) is 0. The Labute approximate surface area is 352 Å². The maximum atomic E-state index is 5.19. The maximum absolute atomic E-state index is 5.19. The van der Waals surface area contributed by atoms with E-state index < -0.39 is 0 Å². The summed E-state index contributed by atoms with van der Waals surface area (Å²) < 4.78 is 2.39. The average molecular weight is 777 g/mol. The average Bonchev–Trinajstić information content (AvgIpc) is 3.68. The Balaban J connectivity index is 1.01. The van der Waals surface area contributed by atoms with Crippen LogP contribution in [-0.2, 0) is 0 Å². The highest BCUT2D eigenvalue weighted by molar-refractivity contribution is 6.25. The van der Waals surface area contributed by atoms with Gasteiger partial charge in [0.15, 0.2) is 17.5 Å². The Morgan fingerprint density at radius 1 is 0.230 bits per heavy atom. The fourth-order valence-electron chi connectivity index (χ4n) is 9.09. The molecule has 0 N–H and O–H groups in total. The molecular weight excluding hydrogens is 741 g/mol. The van der Waals surface area contributed by atoms with E-state index in [1.54, 1.807) is 0 Å². The predicted octanol–water partition coefficient (Wildman–Crippen LogP) is 14.8. The molecule has 0 fully saturated rings. The topological polar surface area (TPSA) is 43.6 Å². The third-order valence-corrected chi connectivity index (χ3v) is 12.0. The minimum Gasteiger partial charge on any atom is -0.309 e. The molecule has 12 aromatic rings. The maximum Gasteiger partial charge on any atom is 0.164 e. The molecule has 0 bridgehead atoms. The Morgan fingerprint density at radius 2 is 0.639 bits per heavy atom. The Morgan fingerprint density at radius 3 is 1.28 bits per heavy atom. The van der Waals surface area contributed by atoms with Crippen LogP contribution in [0.25, 0.3) is 116 Å². The van der Waals surface area contributed by atoms with E-state index >= 15 is 0 Å². The molecule has 10 aromatic carbocycles. The van der Waals surface area contributed by atoms with Crippen molar-refractivity contribution in [1.29, 1.82) is 0 Å². The summed E-state index contributed by atoms with van der Waals surface area (Å²) in [5.74, 6) is 1.88. The minimum atomic E-state index is 0.623. The van der Waals surface area contributed by atoms with Gasteiger partial charge in [0.1, 0.15) is 0 Å². The van der Waals surface area contributed by atoms with Crippen LogP contribution < -0.4 is 0 Å². The van der Waals surface area contributed by atoms with Crippen LogP contribution in [0.3, 0.4) is 0 Å². The first-order chi connectivity index (χ1) is 30.2. The Bertz CT molecular complexity index is 3590. The van der Waals surface area contributed by atoms with Crippen molar-refractivity contribution in [1.82, 2.24) is 19.5 Å². The standard InChI is InChI=1S/C57H36N4/c1-3-14-37(15-4-1)41-18-13-19-42(34-41)38-26-28-40(29-27-38)56-58-55(39-16-5-2-6-17-39)59-57(60-56)43-30-32-51-50-24-11-12-25-53(50)61(54(51)35-43)44-31-33-49-47-22-8-7-20-45(47)46-21-9-10-23-48(46)52(49)36-44/h1-36H. The second-order valence-electron chi connectivity index (χ2n) is 15.6. The summed E-state index contributed by atoms with van der Waals surface area (Å²) in [6.45, 7) is 0. The molecule has 2 aromatic heterocycles. The summed E-state index contributed by atoms with van der Waals surface area (Å²) in [5, 5.41) is 9.90. The normalized spacial score (nSPS) is 11.6. The van der Waals surface area contributed by atoms with Crippen LogP contribution in [0.5, 0.6) is 0 Å². The van der Waals surface area contributed by atoms with E-state index in [2.05, 4.69) is 205 Å². The highest BCUT2D eigenvalue weighted by atomic mass is 15.0. The number of fused-ring (bicyclic) bond motifs is 9. The Kier molecular flexibility index (Phi) is 8.13. The van der Waals surface area contributed by atoms with Crippen molar-refractivity contribution in [3.05, 3.63) is 218 Å². The van der Waals surface area contributed by atoms with Crippen LogP contribution >= 0.6 is 0 Å². The lowest BCUT2D eigenvalue weighted by atomic mass is 9.94. The SMILES string of the molecule is c1ccc(-c2cccc(-c3ccc(-c4nc(-c5ccccc5)nc(-c5ccc6c7ccccc7n(-c7ccc8c9ccccc9c9ccccc9c8c7)c6c5)n4)cc3)c2)cc1. The highest BCUT2D eigenvalue weighted by Crippen LogP contribution is 2.39. The van der Waals surface area contributed by atoms with Gasteiger partial charge in [0.05, 0.1) is 11.0 Å². The van der Waals surface area contributed by atoms with Gasteiger partial charge in [-0.1, -0.05) is 188 Å². The van der Waals surface area contributed by atoms with Crippen molar-refractivity contribution in [3.8, 4) is 62.1 Å². The lowest BCUT2D eigenvalue weighted by molar-refractivity contribution is 1.07. The van der Waals surface area contributed by atoms with E-state index in [4.69, 9.17) is 15.0 Å². The summed E-state index contributed by atoms with van der Waals surface area (Å²) in [6.07, 6.45) is 0. The molecule has 0 saturated carbocycles. The van der Waals surface area contributed by atoms with Crippen LogP contribution in [0.4, 0.5) is 0 Å². The molecule has 4 heteroatoms. The molecule has 0 radical (unpaired) electrons. The molecule has 0 aliphatic heterocycles. The first-order valence-electron chi connectivity index (χ1n) is 20.7. The van der Waals surface area contributed by atoms with E-state index in [9.17, 15) is 0 Å². The van der Waals surface area contributed by atoms with Crippen LogP contribution in [0, 0.1) is 0 Å². The fourth-order valence-corrected chi connectivity index (χ4v) is 9.09. The minimum absolute atomic E-state index is 0.623. The number of hydrogen-bond donors (Lipinski definition) is 0. The third-order valence-electron chi connectivity index (χ3n) is 12.0. The van der Waals surface area contributed by atoms with E-state index in [0.29, 0.717) is 17.5 Å². The van der Waals surface area contributed by atoms with Gasteiger partial charge in [-0.25, -0.2) is 15.0 Å². The molecule has 0 unspecified atom stereocenters. The van der Waals surface area contributed by atoms with Gasteiger partial charge in [0.2, 0.25) is 0 Å². The van der Waals surface area contributed by atoms with Crippen molar-refractivity contribution in [3.63, 3.8) is 0 Å². The first kappa shape index (κ1) is 34.8. The molecule has 0 amide bonds. The lowest BCUT2D eigenvalue weighted by Gasteiger charge is -2.14. The molecule has 2 heterocycles. The second kappa shape index (κ2) is 14.3. The monoisotopic (exact) mass is 776 g/mol. The molecular formula is C57H36N4. The second-order valence-corrected chi connectivity index (χ2v) is 15.6. The number of para-hydroxylation sites is 1. The first-order valence-corrected chi connectivity index (χ1v) is 20.7. The van der Waals surface area contributed by atoms with Crippen LogP contribution in [0.15, 0.2) is 218 Å². The summed E-state index contributed by atoms with van der Waals surface area (Å²) in [6, 6.07) is 77.6. The molecule has 0 saturated heterocycles. The van der Waals surface area contributed by atoms with Crippen LogP contribution in [0.2, 0.25) is 0 Å². The molecule has 0 spiro atoms. The van der Waals surface area contributed by atoms with E-state index in [1.165, 1.54) is 54.2 Å². The number of aromatic nitrogens is 4. The van der Waals surface area contributed by atoms with Gasteiger partial charge in [-0.05, 0) is 84.9 Å². The summed E-state index contributed by atoms with van der Waals surface area (Å²) in [4.78, 5) is 15.4. The number of rotatable bonds is 6. The quantitative estimate of drug-likeness (QED) is 0.158. The summed E-state index contributed by atoms with van der Waals surface area (Å²) in [5.41, 5.74) is 10.8. The summed E-state index contributed by atoms with van der Waals surface area (Å²) >= 11 is 0. The van der Waals surface area contributed by atoms with Gasteiger partial charge >= 0.3 is 0 Å². The molecule has 0 aliphatic carbocycles. The molecule has 12 rings (SSSR count). The van der Waals surface area contributed by atoms with Crippen molar-refractivity contribution in [2.75, 3.05) is 0 Å². The number of nitrogens with zero attached hydrogens (tertiary/aromatic N) is 4. The van der Waals surface area contributed by atoms with Crippen molar-refractivity contribution in [2.24, 2.45) is 0 Å². The van der Waals surface area contributed by atoms with Crippen molar-refractivity contribution in [2.45, 2.75) is 0 Å². The van der Waals surface area contributed by atoms with Gasteiger partial charge in [-0.2, -0.15) is 0 Å². The van der Waals surface area contributed by atoms with Gasteiger partial charge in [0.25, 0.3) is 0 Å². The van der Waals surface area contributed by atoms with Gasteiger partial charge in [-0.3, -0.25) is 0 Å². The van der Waals surface area contributed by atoms with Gasteiger partial charge in [-0.15, -0.1) is 0 Å². The van der Waals surface area contributed by atoms with Crippen molar-refractivity contribution >= 4 is 54.1 Å². The number of hydrogen-bond acceptors (Lipinski definition) is 3. The predicted molar refractivity (Wildman–Crippen MR) is 254 cm³/mol. The molecule has 4 nitrogen and oxygen atoms in total.